The normalized spacial score (nSPS) is 13.5. The van der Waals surface area contributed by atoms with Gasteiger partial charge in [-0.05, 0) is 27.7 Å². The van der Waals surface area contributed by atoms with Crippen molar-refractivity contribution in [3.8, 4) is 0 Å². The number of alkyl carbamates (subject to hydrolysis) is 1. The standard InChI is InChI=1S/C16H22F3N3O3/c1-8-11(12(23)21-14(24)25-15(4,5)6)10(3)22(7)13(20-9-2)16(17,18)19/h8-9H,1-2H2,3-7H3,(H,21,23,24)/b11-10+,20-13?. The summed E-state index contributed by atoms with van der Waals surface area (Å²) in [4.78, 5) is 27.6. The van der Waals surface area contributed by atoms with Crippen molar-refractivity contribution in [3.05, 3.63) is 36.7 Å². The Labute approximate surface area is 144 Å². The fourth-order valence-electron chi connectivity index (χ4n) is 1.64. The van der Waals surface area contributed by atoms with Gasteiger partial charge in [-0.3, -0.25) is 10.1 Å². The van der Waals surface area contributed by atoms with Gasteiger partial charge in [0.05, 0.1) is 5.57 Å². The Morgan fingerprint density at radius 3 is 2.08 bits per heavy atom. The quantitative estimate of drug-likeness (QED) is 0.360. The molecule has 0 radical (unpaired) electrons. The molecule has 25 heavy (non-hydrogen) atoms. The molecule has 0 spiro atoms. The van der Waals surface area contributed by atoms with Crippen LogP contribution in [-0.2, 0) is 9.53 Å². The zero-order valence-electron chi connectivity index (χ0n) is 14.8. The maximum atomic E-state index is 13.0. The number of ether oxygens (including phenoxy) is 1. The number of aliphatic imine (C=N–C) groups is 1. The average molecular weight is 361 g/mol. The van der Waals surface area contributed by atoms with Crippen molar-refractivity contribution in [2.24, 2.45) is 4.99 Å². The van der Waals surface area contributed by atoms with Gasteiger partial charge in [-0.1, -0.05) is 19.2 Å². The van der Waals surface area contributed by atoms with Gasteiger partial charge in [-0.2, -0.15) is 13.2 Å². The molecule has 0 aromatic carbocycles. The van der Waals surface area contributed by atoms with E-state index in [9.17, 15) is 22.8 Å². The Balaban J connectivity index is 5.63. The number of carbonyl (C=O) groups excluding carboxylic acids is 2. The number of allylic oxidation sites excluding steroid dienone is 1. The summed E-state index contributed by atoms with van der Waals surface area (Å²) in [5.41, 5.74) is -1.20. The lowest BCUT2D eigenvalue weighted by molar-refractivity contribution is -0.117. The molecule has 2 amide bonds. The van der Waals surface area contributed by atoms with Gasteiger partial charge in [0.2, 0.25) is 5.84 Å². The third-order valence-corrected chi connectivity index (χ3v) is 2.74. The van der Waals surface area contributed by atoms with Crippen molar-refractivity contribution in [1.29, 1.82) is 0 Å². The number of amidine groups is 1. The van der Waals surface area contributed by atoms with E-state index in [2.05, 4.69) is 18.2 Å². The highest BCUT2D eigenvalue weighted by Crippen LogP contribution is 2.23. The van der Waals surface area contributed by atoms with Crippen LogP contribution in [0.25, 0.3) is 0 Å². The minimum Gasteiger partial charge on any atom is -0.444 e. The summed E-state index contributed by atoms with van der Waals surface area (Å²) in [5, 5.41) is 1.94. The van der Waals surface area contributed by atoms with E-state index in [1.807, 2.05) is 5.32 Å². The molecule has 140 valence electrons. The Hall–Kier alpha value is -2.58. The minimum absolute atomic E-state index is 0.117. The van der Waals surface area contributed by atoms with Gasteiger partial charge >= 0.3 is 12.3 Å². The van der Waals surface area contributed by atoms with Crippen LogP contribution in [0.15, 0.2) is 41.7 Å². The first-order valence-corrected chi connectivity index (χ1v) is 7.11. The number of hydrogen-bond donors (Lipinski definition) is 1. The van der Waals surface area contributed by atoms with Crippen molar-refractivity contribution in [2.75, 3.05) is 7.05 Å². The number of rotatable bonds is 4. The first kappa shape index (κ1) is 22.4. The van der Waals surface area contributed by atoms with Crippen molar-refractivity contribution >= 4 is 17.8 Å². The number of nitrogens with one attached hydrogen (secondary N) is 1. The van der Waals surface area contributed by atoms with Crippen LogP contribution in [0.4, 0.5) is 18.0 Å². The van der Waals surface area contributed by atoms with Crippen LogP contribution >= 0.6 is 0 Å². The smallest absolute Gasteiger partial charge is 0.444 e. The molecule has 0 saturated carbocycles. The van der Waals surface area contributed by atoms with Crippen LogP contribution in [-0.4, -0.2) is 41.6 Å². The topological polar surface area (TPSA) is 71.0 Å². The van der Waals surface area contributed by atoms with E-state index in [-0.39, 0.29) is 11.3 Å². The van der Waals surface area contributed by atoms with E-state index >= 15 is 0 Å². The maximum absolute atomic E-state index is 13.0. The lowest BCUT2D eigenvalue weighted by atomic mass is 10.1. The van der Waals surface area contributed by atoms with Gasteiger partial charge < -0.3 is 9.64 Å². The monoisotopic (exact) mass is 361 g/mol. The third-order valence-electron chi connectivity index (χ3n) is 2.74. The molecule has 0 heterocycles. The van der Waals surface area contributed by atoms with Crippen LogP contribution in [0.2, 0.25) is 0 Å². The average Bonchev–Trinajstić information content (AvgIpc) is 2.41. The highest BCUT2D eigenvalue weighted by molar-refractivity contribution is 6.05. The van der Waals surface area contributed by atoms with Gasteiger partial charge in [0, 0.05) is 18.9 Å². The van der Waals surface area contributed by atoms with E-state index in [4.69, 9.17) is 4.74 Å². The van der Waals surface area contributed by atoms with Gasteiger partial charge in [-0.25, -0.2) is 9.79 Å². The van der Waals surface area contributed by atoms with Gasteiger partial charge in [0.25, 0.3) is 5.91 Å². The lowest BCUT2D eigenvalue weighted by Gasteiger charge is -2.25. The number of amides is 2. The highest BCUT2D eigenvalue weighted by Gasteiger charge is 2.39. The summed E-state index contributed by atoms with van der Waals surface area (Å²) in [6, 6.07) is 0. The molecule has 0 aliphatic heterocycles. The Bertz CT molecular complexity index is 614. The van der Waals surface area contributed by atoms with Crippen LogP contribution in [0.3, 0.4) is 0 Å². The zero-order valence-corrected chi connectivity index (χ0v) is 14.8. The Morgan fingerprint density at radius 1 is 1.20 bits per heavy atom. The fraction of sp³-hybridized carbons (Fsp3) is 0.438. The molecule has 0 aliphatic carbocycles. The second kappa shape index (κ2) is 8.50. The zero-order chi connectivity index (χ0) is 20.0. The van der Waals surface area contributed by atoms with Crippen molar-refractivity contribution < 1.29 is 27.5 Å². The van der Waals surface area contributed by atoms with Gasteiger partial charge in [-0.15, -0.1) is 0 Å². The SMILES string of the molecule is C=CN=C(N(C)/C(C)=C(\C=C)C(=O)NC(=O)OC(C)(C)C)C(F)(F)F. The molecule has 0 aromatic rings. The number of carbonyl (C=O) groups is 2. The maximum Gasteiger partial charge on any atom is 0.449 e. The molecular weight excluding hydrogens is 339 g/mol. The molecule has 0 fully saturated rings. The van der Waals surface area contributed by atoms with Gasteiger partial charge in [0.1, 0.15) is 5.60 Å². The van der Waals surface area contributed by atoms with E-state index in [0.29, 0.717) is 4.90 Å². The second-order valence-corrected chi connectivity index (χ2v) is 5.85. The Morgan fingerprint density at radius 2 is 1.72 bits per heavy atom. The molecule has 0 saturated heterocycles. The fourth-order valence-corrected chi connectivity index (χ4v) is 1.64. The van der Waals surface area contributed by atoms with Crippen molar-refractivity contribution in [3.63, 3.8) is 0 Å². The van der Waals surface area contributed by atoms with E-state index in [1.54, 1.807) is 20.8 Å². The summed E-state index contributed by atoms with van der Waals surface area (Å²) in [6.07, 6.45) is -4.02. The predicted molar refractivity (Wildman–Crippen MR) is 88.7 cm³/mol. The molecule has 1 N–H and O–H groups in total. The summed E-state index contributed by atoms with van der Waals surface area (Å²) in [6.45, 7) is 12.6. The van der Waals surface area contributed by atoms with Crippen LogP contribution in [0.5, 0.6) is 0 Å². The molecule has 0 unspecified atom stereocenters. The number of alkyl halides is 3. The lowest BCUT2D eigenvalue weighted by Crippen LogP contribution is -2.40. The van der Waals surface area contributed by atoms with Crippen LogP contribution in [0, 0.1) is 0 Å². The molecule has 0 aliphatic rings. The van der Waals surface area contributed by atoms with E-state index in [0.717, 1.165) is 19.3 Å². The highest BCUT2D eigenvalue weighted by atomic mass is 19.4. The summed E-state index contributed by atoms with van der Waals surface area (Å²) in [5.74, 6) is -2.22. The Kier molecular flexibility index (Phi) is 7.62. The molecule has 9 heteroatoms. The molecule has 0 rings (SSSR count). The molecular formula is C16H22F3N3O3. The van der Waals surface area contributed by atoms with E-state index in [1.165, 1.54) is 6.92 Å². The van der Waals surface area contributed by atoms with E-state index < -0.39 is 29.6 Å². The summed E-state index contributed by atoms with van der Waals surface area (Å²) < 4.78 is 44.0. The molecule has 0 bridgehead atoms. The molecule has 6 nitrogen and oxygen atoms in total. The summed E-state index contributed by atoms with van der Waals surface area (Å²) in [7, 11) is 1.08. The van der Waals surface area contributed by atoms with Crippen molar-refractivity contribution in [2.45, 2.75) is 39.5 Å². The molecule has 0 atom stereocenters. The second-order valence-electron chi connectivity index (χ2n) is 5.85. The largest absolute Gasteiger partial charge is 0.449 e. The number of hydrogen-bond acceptors (Lipinski definition) is 4. The third kappa shape index (κ3) is 7.23. The first-order valence-electron chi connectivity index (χ1n) is 7.11. The number of nitrogens with zero attached hydrogens (tertiary/aromatic N) is 2. The van der Waals surface area contributed by atoms with Crippen LogP contribution in [0.1, 0.15) is 27.7 Å². The number of halogens is 3. The summed E-state index contributed by atoms with van der Waals surface area (Å²) >= 11 is 0. The van der Waals surface area contributed by atoms with Crippen LogP contribution < -0.4 is 5.32 Å². The van der Waals surface area contributed by atoms with Gasteiger partial charge in [0.15, 0.2) is 0 Å². The first-order chi connectivity index (χ1) is 11.2. The minimum atomic E-state index is -4.77. The van der Waals surface area contributed by atoms with Crippen molar-refractivity contribution in [1.82, 2.24) is 10.2 Å². The number of imide groups is 1. The predicted octanol–water partition coefficient (Wildman–Crippen LogP) is 3.53. The molecule has 0 aromatic heterocycles.